The Balaban J connectivity index is 2.91. The fourth-order valence-corrected chi connectivity index (χ4v) is 3.51. The molecule has 0 spiro atoms. The second-order valence-corrected chi connectivity index (χ2v) is 5.94. The molecule has 1 atom stereocenters. The molecule has 0 fully saturated rings. The molecule has 1 N–H and O–H groups in total. The SMILES string of the molecule is COC[C@H](C)NS(=O)(=O)c1ccccc1Br. The van der Waals surface area contributed by atoms with E-state index in [1.165, 1.54) is 7.11 Å². The molecule has 0 saturated heterocycles. The van der Waals surface area contributed by atoms with Gasteiger partial charge in [-0.15, -0.1) is 0 Å². The Morgan fingerprint density at radius 3 is 2.62 bits per heavy atom. The van der Waals surface area contributed by atoms with Gasteiger partial charge in [-0.05, 0) is 35.0 Å². The maximum absolute atomic E-state index is 11.9. The summed E-state index contributed by atoms with van der Waals surface area (Å²) in [5.74, 6) is 0. The van der Waals surface area contributed by atoms with E-state index in [9.17, 15) is 8.42 Å². The number of ether oxygens (including phenoxy) is 1. The van der Waals surface area contributed by atoms with Crippen LogP contribution < -0.4 is 4.72 Å². The van der Waals surface area contributed by atoms with Gasteiger partial charge in [0.2, 0.25) is 10.0 Å². The molecule has 0 aliphatic carbocycles. The highest BCUT2D eigenvalue weighted by Crippen LogP contribution is 2.20. The van der Waals surface area contributed by atoms with Gasteiger partial charge in [-0.3, -0.25) is 0 Å². The number of methoxy groups -OCH3 is 1. The molecule has 90 valence electrons. The Kier molecular flexibility index (Phi) is 4.91. The molecular weight excluding hydrogens is 294 g/mol. The Morgan fingerprint density at radius 1 is 1.44 bits per heavy atom. The van der Waals surface area contributed by atoms with Crippen LogP contribution in [0.1, 0.15) is 6.92 Å². The Morgan fingerprint density at radius 2 is 2.06 bits per heavy atom. The standard InChI is InChI=1S/C10H14BrNO3S/c1-8(7-15-2)12-16(13,14)10-6-4-3-5-9(10)11/h3-6,8,12H,7H2,1-2H3/t8-/m0/s1. The minimum atomic E-state index is -3.49. The summed E-state index contributed by atoms with van der Waals surface area (Å²) in [6, 6.07) is 6.42. The molecule has 4 nitrogen and oxygen atoms in total. The molecule has 0 amide bonds. The Hall–Kier alpha value is -0.430. The highest BCUT2D eigenvalue weighted by molar-refractivity contribution is 9.10. The molecule has 0 bridgehead atoms. The second kappa shape index (κ2) is 5.77. The lowest BCUT2D eigenvalue weighted by Crippen LogP contribution is -2.35. The van der Waals surface area contributed by atoms with Crippen LogP contribution in [0.15, 0.2) is 33.6 Å². The van der Waals surface area contributed by atoms with Gasteiger partial charge in [-0.25, -0.2) is 13.1 Å². The van der Waals surface area contributed by atoms with Crippen molar-refractivity contribution in [3.05, 3.63) is 28.7 Å². The van der Waals surface area contributed by atoms with E-state index in [0.29, 0.717) is 11.1 Å². The van der Waals surface area contributed by atoms with Crippen LogP contribution in [-0.4, -0.2) is 28.2 Å². The number of nitrogens with one attached hydrogen (secondary N) is 1. The van der Waals surface area contributed by atoms with E-state index >= 15 is 0 Å². The number of hydrogen-bond donors (Lipinski definition) is 1. The number of hydrogen-bond acceptors (Lipinski definition) is 3. The summed E-state index contributed by atoms with van der Waals surface area (Å²) < 4.78 is 31.8. The van der Waals surface area contributed by atoms with E-state index in [1.54, 1.807) is 31.2 Å². The van der Waals surface area contributed by atoms with E-state index in [1.807, 2.05) is 0 Å². The fourth-order valence-electron chi connectivity index (χ4n) is 1.28. The van der Waals surface area contributed by atoms with E-state index in [-0.39, 0.29) is 10.9 Å². The highest BCUT2D eigenvalue weighted by atomic mass is 79.9. The average molecular weight is 308 g/mol. The van der Waals surface area contributed by atoms with Gasteiger partial charge in [-0.1, -0.05) is 12.1 Å². The van der Waals surface area contributed by atoms with Crippen LogP contribution in [0.3, 0.4) is 0 Å². The zero-order chi connectivity index (χ0) is 12.2. The third-order valence-corrected chi connectivity index (χ3v) is 4.50. The molecular formula is C10H14BrNO3S. The topological polar surface area (TPSA) is 55.4 Å². The van der Waals surface area contributed by atoms with Crippen LogP contribution in [0.5, 0.6) is 0 Å². The first-order chi connectivity index (χ1) is 7.47. The summed E-state index contributed by atoms with van der Waals surface area (Å²) in [4.78, 5) is 0.234. The predicted octanol–water partition coefficient (Wildman–Crippen LogP) is 1.76. The minimum Gasteiger partial charge on any atom is -0.383 e. The summed E-state index contributed by atoms with van der Waals surface area (Å²) in [7, 11) is -1.96. The van der Waals surface area contributed by atoms with Gasteiger partial charge in [0.05, 0.1) is 11.5 Å². The lowest BCUT2D eigenvalue weighted by atomic mass is 10.4. The van der Waals surface area contributed by atoms with Crippen molar-refractivity contribution >= 4 is 26.0 Å². The second-order valence-electron chi connectivity index (χ2n) is 3.41. The summed E-state index contributed by atoms with van der Waals surface area (Å²) in [5, 5.41) is 0. The van der Waals surface area contributed by atoms with Gasteiger partial charge >= 0.3 is 0 Å². The maximum Gasteiger partial charge on any atom is 0.242 e. The molecule has 16 heavy (non-hydrogen) atoms. The van der Waals surface area contributed by atoms with Crippen molar-refractivity contribution in [3.63, 3.8) is 0 Å². The van der Waals surface area contributed by atoms with Crippen LogP contribution >= 0.6 is 15.9 Å². The Labute approximate surface area is 104 Å². The third kappa shape index (κ3) is 3.55. The predicted molar refractivity (Wildman–Crippen MR) is 65.8 cm³/mol. The molecule has 0 aromatic heterocycles. The largest absolute Gasteiger partial charge is 0.383 e. The molecule has 6 heteroatoms. The van der Waals surface area contributed by atoms with E-state index in [0.717, 1.165) is 0 Å². The van der Waals surface area contributed by atoms with Gasteiger partial charge in [0, 0.05) is 17.6 Å². The first-order valence-electron chi connectivity index (χ1n) is 4.73. The van der Waals surface area contributed by atoms with Crippen LogP contribution in [0.2, 0.25) is 0 Å². The van der Waals surface area contributed by atoms with Crippen LogP contribution in [0.25, 0.3) is 0 Å². The Bertz CT molecular complexity index is 447. The molecule has 0 radical (unpaired) electrons. The number of halogens is 1. The third-order valence-electron chi connectivity index (χ3n) is 1.90. The van der Waals surface area contributed by atoms with Gasteiger partial charge in [0.25, 0.3) is 0 Å². The van der Waals surface area contributed by atoms with Crippen molar-refractivity contribution in [3.8, 4) is 0 Å². The summed E-state index contributed by atoms with van der Waals surface area (Å²) in [6.07, 6.45) is 0. The monoisotopic (exact) mass is 307 g/mol. The first kappa shape index (κ1) is 13.6. The summed E-state index contributed by atoms with van der Waals surface area (Å²) in [5.41, 5.74) is 0. The zero-order valence-electron chi connectivity index (χ0n) is 9.10. The molecule has 0 unspecified atom stereocenters. The molecule has 0 heterocycles. The van der Waals surface area contributed by atoms with Crippen molar-refractivity contribution in [1.82, 2.24) is 4.72 Å². The number of benzene rings is 1. The van der Waals surface area contributed by atoms with E-state index in [2.05, 4.69) is 20.7 Å². The molecule has 1 aromatic rings. The van der Waals surface area contributed by atoms with E-state index in [4.69, 9.17) is 4.74 Å². The smallest absolute Gasteiger partial charge is 0.242 e. The van der Waals surface area contributed by atoms with Crippen molar-refractivity contribution < 1.29 is 13.2 Å². The van der Waals surface area contributed by atoms with Gasteiger partial charge in [0.15, 0.2) is 0 Å². The lowest BCUT2D eigenvalue weighted by Gasteiger charge is -2.13. The van der Waals surface area contributed by atoms with Crippen molar-refractivity contribution in [1.29, 1.82) is 0 Å². The number of sulfonamides is 1. The van der Waals surface area contributed by atoms with Crippen molar-refractivity contribution in [2.75, 3.05) is 13.7 Å². The maximum atomic E-state index is 11.9. The van der Waals surface area contributed by atoms with Crippen molar-refractivity contribution in [2.24, 2.45) is 0 Å². The first-order valence-corrected chi connectivity index (χ1v) is 7.01. The highest BCUT2D eigenvalue weighted by Gasteiger charge is 2.19. The fraction of sp³-hybridized carbons (Fsp3) is 0.400. The molecule has 0 aliphatic rings. The quantitative estimate of drug-likeness (QED) is 0.902. The molecule has 1 rings (SSSR count). The van der Waals surface area contributed by atoms with Crippen LogP contribution in [-0.2, 0) is 14.8 Å². The van der Waals surface area contributed by atoms with Gasteiger partial charge in [0.1, 0.15) is 0 Å². The van der Waals surface area contributed by atoms with Crippen LogP contribution in [0, 0.1) is 0 Å². The van der Waals surface area contributed by atoms with Gasteiger partial charge < -0.3 is 4.74 Å². The van der Waals surface area contributed by atoms with Crippen molar-refractivity contribution in [2.45, 2.75) is 17.9 Å². The van der Waals surface area contributed by atoms with E-state index < -0.39 is 10.0 Å². The minimum absolute atomic E-state index is 0.234. The molecule has 0 saturated carbocycles. The zero-order valence-corrected chi connectivity index (χ0v) is 11.5. The normalized spacial score (nSPS) is 13.7. The summed E-state index contributed by atoms with van der Waals surface area (Å²) in [6.45, 7) is 2.08. The van der Waals surface area contributed by atoms with Crippen LogP contribution in [0.4, 0.5) is 0 Å². The lowest BCUT2D eigenvalue weighted by molar-refractivity contribution is 0.180. The number of rotatable bonds is 5. The summed E-state index contributed by atoms with van der Waals surface area (Å²) >= 11 is 3.21. The van der Waals surface area contributed by atoms with Gasteiger partial charge in [-0.2, -0.15) is 0 Å². The molecule has 1 aromatic carbocycles. The average Bonchev–Trinajstić information content (AvgIpc) is 2.17. The molecule has 0 aliphatic heterocycles.